The highest BCUT2D eigenvalue weighted by Gasteiger charge is 2.28. The van der Waals surface area contributed by atoms with Gasteiger partial charge in [-0.15, -0.1) is 11.3 Å². The monoisotopic (exact) mass is 359 g/mol. The molecule has 0 saturated carbocycles. The molecule has 0 aliphatic heterocycles. The van der Waals surface area contributed by atoms with E-state index >= 15 is 0 Å². The predicted octanol–water partition coefficient (Wildman–Crippen LogP) is 3.82. The third-order valence-electron chi connectivity index (χ3n) is 4.22. The van der Waals surface area contributed by atoms with Gasteiger partial charge in [-0.1, -0.05) is 18.2 Å². The maximum atomic E-state index is 12.5. The number of rotatable bonds is 5. The number of hydrogen-bond acceptors (Lipinski definition) is 5. The molecule has 1 heterocycles. The van der Waals surface area contributed by atoms with Crippen LogP contribution in [0.2, 0.25) is 0 Å². The number of fused-ring (bicyclic) bond motifs is 1. The molecule has 25 heavy (non-hydrogen) atoms. The summed E-state index contributed by atoms with van der Waals surface area (Å²) in [5, 5.41) is 3.42. The van der Waals surface area contributed by atoms with E-state index in [-0.39, 0.29) is 5.91 Å². The van der Waals surface area contributed by atoms with Crippen molar-refractivity contribution in [2.24, 2.45) is 0 Å². The largest absolute Gasteiger partial charge is 0.481 e. The Morgan fingerprint density at radius 2 is 1.88 bits per heavy atom. The van der Waals surface area contributed by atoms with Crippen LogP contribution in [0.1, 0.15) is 40.6 Å². The number of thiophene rings is 1. The maximum absolute atomic E-state index is 12.5. The summed E-state index contributed by atoms with van der Waals surface area (Å²) in [6.45, 7) is 1.69. The van der Waals surface area contributed by atoms with Crippen molar-refractivity contribution in [2.45, 2.75) is 38.7 Å². The van der Waals surface area contributed by atoms with E-state index in [1.807, 2.05) is 18.2 Å². The minimum absolute atomic E-state index is 0.285. The number of aryl methyl sites for hydroxylation is 1. The third kappa shape index (κ3) is 3.85. The van der Waals surface area contributed by atoms with Crippen LogP contribution in [0.5, 0.6) is 5.75 Å². The molecule has 132 valence electrons. The summed E-state index contributed by atoms with van der Waals surface area (Å²) in [6.07, 6.45) is 3.27. The lowest BCUT2D eigenvalue weighted by Crippen LogP contribution is -2.30. The molecular weight excluding hydrogens is 338 g/mol. The first-order chi connectivity index (χ1) is 12.1. The van der Waals surface area contributed by atoms with Gasteiger partial charge in [-0.05, 0) is 50.3 Å². The lowest BCUT2D eigenvalue weighted by atomic mass is 9.95. The van der Waals surface area contributed by atoms with E-state index in [9.17, 15) is 9.59 Å². The number of para-hydroxylation sites is 1. The number of carbonyl (C=O) groups excluding carboxylic acids is 2. The Kier molecular flexibility index (Phi) is 5.38. The fraction of sp³-hybridized carbons (Fsp3) is 0.368. The van der Waals surface area contributed by atoms with Crippen LogP contribution in [-0.2, 0) is 22.4 Å². The molecule has 0 bridgehead atoms. The Morgan fingerprint density at radius 3 is 2.60 bits per heavy atom. The smallest absolute Gasteiger partial charge is 0.341 e. The Balaban J connectivity index is 1.78. The minimum atomic E-state index is -0.674. The van der Waals surface area contributed by atoms with E-state index in [0.717, 1.165) is 31.2 Å². The summed E-state index contributed by atoms with van der Waals surface area (Å²) in [5.74, 6) is -0.0530. The molecule has 1 N–H and O–H groups in total. The Hall–Kier alpha value is -2.34. The van der Waals surface area contributed by atoms with E-state index in [4.69, 9.17) is 9.47 Å². The van der Waals surface area contributed by atoms with Crippen LogP contribution in [0, 0.1) is 0 Å². The first-order valence-corrected chi connectivity index (χ1v) is 9.17. The quantitative estimate of drug-likeness (QED) is 0.824. The van der Waals surface area contributed by atoms with Gasteiger partial charge < -0.3 is 14.8 Å². The van der Waals surface area contributed by atoms with Gasteiger partial charge in [0.15, 0.2) is 6.10 Å². The van der Waals surface area contributed by atoms with Crippen molar-refractivity contribution in [1.82, 2.24) is 0 Å². The zero-order valence-corrected chi connectivity index (χ0v) is 15.2. The van der Waals surface area contributed by atoms with Crippen LogP contribution < -0.4 is 10.1 Å². The van der Waals surface area contributed by atoms with Crippen molar-refractivity contribution in [1.29, 1.82) is 0 Å². The SMILES string of the molecule is COC(=O)c1c(NC(=O)[C@H](C)Oc2ccccc2)sc2c1CCCC2. The molecule has 2 aromatic rings. The molecule has 0 unspecified atom stereocenters. The van der Waals surface area contributed by atoms with Crippen molar-refractivity contribution >= 4 is 28.2 Å². The lowest BCUT2D eigenvalue weighted by molar-refractivity contribution is -0.122. The highest BCUT2D eigenvalue weighted by molar-refractivity contribution is 7.17. The first-order valence-electron chi connectivity index (χ1n) is 8.35. The van der Waals surface area contributed by atoms with Crippen LogP contribution in [-0.4, -0.2) is 25.1 Å². The van der Waals surface area contributed by atoms with Gasteiger partial charge in [-0.2, -0.15) is 0 Å². The highest BCUT2D eigenvalue weighted by Crippen LogP contribution is 2.38. The second-order valence-electron chi connectivity index (χ2n) is 5.97. The molecule has 1 atom stereocenters. The number of methoxy groups -OCH3 is 1. The zero-order valence-electron chi connectivity index (χ0n) is 14.3. The third-order valence-corrected chi connectivity index (χ3v) is 5.43. The van der Waals surface area contributed by atoms with Crippen molar-refractivity contribution in [2.75, 3.05) is 12.4 Å². The number of anilines is 1. The summed E-state index contributed by atoms with van der Waals surface area (Å²) < 4.78 is 10.6. The second-order valence-corrected chi connectivity index (χ2v) is 7.07. The number of ether oxygens (including phenoxy) is 2. The molecule has 1 aromatic heterocycles. The number of nitrogens with one attached hydrogen (secondary N) is 1. The number of amides is 1. The number of benzene rings is 1. The van der Waals surface area contributed by atoms with Gasteiger partial charge in [0, 0.05) is 4.88 Å². The highest BCUT2D eigenvalue weighted by atomic mass is 32.1. The van der Waals surface area contributed by atoms with Crippen LogP contribution in [0.15, 0.2) is 30.3 Å². The van der Waals surface area contributed by atoms with Crippen molar-refractivity contribution in [3.8, 4) is 5.75 Å². The lowest BCUT2D eigenvalue weighted by Gasteiger charge is -2.15. The van der Waals surface area contributed by atoms with Gasteiger partial charge >= 0.3 is 5.97 Å². The molecule has 3 rings (SSSR count). The fourth-order valence-corrected chi connectivity index (χ4v) is 4.22. The summed E-state index contributed by atoms with van der Waals surface area (Å²) in [4.78, 5) is 25.9. The Morgan fingerprint density at radius 1 is 1.16 bits per heavy atom. The molecule has 1 aliphatic rings. The van der Waals surface area contributed by atoms with Crippen molar-refractivity contribution in [3.63, 3.8) is 0 Å². The molecule has 0 radical (unpaired) electrons. The van der Waals surface area contributed by atoms with Gasteiger partial charge in [-0.3, -0.25) is 4.79 Å². The van der Waals surface area contributed by atoms with Crippen LogP contribution in [0.4, 0.5) is 5.00 Å². The Bertz CT molecular complexity index is 769. The summed E-state index contributed by atoms with van der Waals surface area (Å²) in [7, 11) is 1.36. The van der Waals surface area contributed by atoms with E-state index in [0.29, 0.717) is 16.3 Å². The molecule has 1 aromatic carbocycles. The normalized spacial score (nSPS) is 14.3. The standard InChI is InChI=1S/C19H21NO4S/c1-12(24-13-8-4-3-5-9-13)17(21)20-18-16(19(22)23-2)14-10-6-7-11-15(14)25-18/h3-5,8-9,12H,6-7,10-11H2,1-2H3,(H,20,21)/t12-/m0/s1. The topological polar surface area (TPSA) is 64.6 Å². The van der Waals surface area contributed by atoms with Gasteiger partial charge in [-0.25, -0.2) is 4.79 Å². The molecule has 1 amide bonds. The van der Waals surface area contributed by atoms with Crippen molar-refractivity contribution in [3.05, 3.63) is 46.3 Å². The second kappa shape index (κ2) is 7.70. The first kappa shape index (κ1) is 17.5. The van der Waals surface area contributed by atoms with Gasteiger partial charge in [0.25, 0.3) is 5.91 Å². The molecule has 0 saturated heterocycles. The Labute approximate surface area is 151 Å². The number of hydrogen-bond donors (Lipinski definition) is 1. The molecule has 0 fully saturated rings. The van der Waals surface area contributed by atoms with E-state index < -0.39 is 12.1 Å². The predicted molar refractivity (Wildman–Crippen MR) is 97.5 cm³/mol. The van der Waals surface area contributed by atoms with E-state index in [1.165, 1.54) is 23.3 Å². The summed E-state index contributed by atoms with van der Waals surface area (Å²) >= 11 is 1.47. The molecule has 0 spiro atoms. The molecule has 6 heteroatoms. The number of esters is 1. The van der Waals surface area contributed by atoms with Crippen LogP contribution >= 0.6 is 11.3 Å². The van der Waals surface area contributed by atoms with Gasteiger partial charge in [0.1, 0.15) is 10.8 Å². The summed E-state index contributed by atoms with van der Waals surface area (Å²) in [5.41, 5.74) is 1.53. The molecule has 5 nitrogen and oxygen atoms in total. The van der Waals surface area contributed by atoms with E-state index in [2.05, 4.69) is 5.32 Å². The zero-order chi connectivity index (χ0) is 17.8. The number of carbonyl (C=O) groups is 2. The van der Waals surface area contributed by atoms with Gasteiger partial charge in [0.05, 0.1) is 12.7 Å². The summed E-state index contributed by atoms with van der Waals surface area (Å²) in [6, 6.07) is 9.18. The average Bonchev–Trinajstić information content (AvgIpc) is 2.99. The molecular formula is C19H21NO4S. The van der Waals surface area contributed by atoms with E-state index in [1.54, 1.807) is 19.1 Å². The van der Waals surface area contributed by atoms with Gasteiger partial charge in [0.2, 0.25) is 0 Å². The van der Waals surface area contributed by atoms with Crippen molar-refractivity contribution < 1.29 is 19.1 Å². The van der Waals surface area contributed by atoms with Crippen LogP contribution in [0.3, 0.4) is 0 Å². The molecule has 1 aliphatic carbocycles. The fourth-order valence-electron chi connectivity index (χ4n) is 2.94. The van der Waals surface area contributed by atoms with Crippen LogP contribution in [0.25, 0.3) is 0 Å². The minimum Gasteiger partial charge on any atom is -0.481 e. The average molecular weight is 359 g/mol. The maximum Gasteiger partial charge on any atom is 0.341 e.